The summed E-state index contributed by atoms with van der Waals surface area (Å²) in [7, 11) is 0. The first-order chi connectivity index (χ1) is 14.2. The van der Waals surface area contributed by atoms with Crippen LogP contribution in [0, 0.1) is 0 Å². The number of aromatic nitrogens is 5. The third-order valence-corrected chi connectivity index (χ3v) is 5.57. The van der Waals surface area contributed by atoms with Crippen LogP contribution >= 0.6 is 0 Å². The van der Waals surface area contributed by atoms with Gasteiger partial charge in [-0.15, -0.1) is 0 Å². The Bertz CT molecular complexity index is 1090. The molecule has 0 aliphatic carbocycles. The second kappa shape index (κ2) is 7.44. The maximum absolute atomic E-state index is 5.64. The monoisotopic (exact) mass is 392 g/mol. The summed E-state index contributed by atoms with van der Waals surface area (Å²) < 4.78 is 13.0. The highest BCUT2D eigenvalue weighted by atomic mass is 16.5. The summed E-state index contributed by atoms with van der Waals surface area (Å²) in [6.45, 7) is 6.92. The molecule has 0 bridgehead atoms. The van der Waals surface area contributed by atoms with E-state index >= 15 is 0 Å². The molecule has 1 fully saturated rings. The van der Waals surface area contributed by atoms with Gasteiger partial charge in [0.2, 0.25) is 17.6 Å². The van der Waals surface area contributed by atoms with Crippen LogP contribution in [0.2, 0.25) is 0 Å². The molecule has 0 N–H and O–H groups in total. The van der Waals surface area contributed by atoms with E-state index in [1.807, 2.05) is 16.9 Å². The van der Waals surface area contributed by atoms with E-state index in [-0.39, 0.29) is 0 Å². The summed E-state index contributed by atoms with van der Waals surface area (Å²) >= 11 is 0. The Labute approximate surface area is 168 Å². The Kier molecular flexibility index (Phi) is 4.63. The Morgan fingerprint density at radius 3 is 2.83 bits per heavy atom. The zero-order chi connectivity index (χ0) is 19.8. The predicted octanol–water partition coefficient (Wildman–Crippen LogP) is 4.03. The van der Waals surface area contributed by atoms with Gasteiger partial charge in [0.1, 0.15) is 6.26 Å². The number of likely N-dealkylation sites (tertiary alicyclic amines) is 1. The van der Waals surface area contributed by atoms with Gasteiger partial charge in [0, 0.05) is 22.9 Å². The lowest BCUT2D eigenvalue weighted by Crippen LogP contribution is -2.32. The number of nitrogens with zero attached hydrogens (tertiary/aromatic N) is 6. The van der Waals surface area contributed by atoms with E-state index in [0.717, 1.165) is 60.7 Å². The van der Waals surface area contributed by atoms with Crippen molar-refractivity contribution in [2.24, 2.45) is 0 Å². The minimum Gasteiger partial charge on any atom is -0.448 e. The minimum absolute atomic E-state index is 0.294. The molecule has 0 radical (unpaired) electrons. The molecular formula is C21H24N6O2. The molecule has 1 aromatic carbocycles. The van der Waals surface area contributed by atoms with Crippen LogP contribution in [0.5, 0.6) is 0 Å². The molecule has 0 atom stereocenters. The van der Waals surface area contributed by atoms with Gasteiger partial charge in [-0.05, 0) is 45.8 Å². The van der Waals surface area contributed by atoms with Crippen LogP contribution in [0.4, 0.5) is 0 Å². The van der Waals surface area contributed by atoms with Crippen molar-refractivity contribution < 1.29 is 8.94 Å². The van der Waals surface area contributed by atoms with Crippen molar-refractivity contribution in [1.29, 1.82) is 0 Å². The van der Waals surface area contributed by atoms with Gasteiger partial charge >= 0.3 is 0 Å². The average molecular weight is 392 g/mol. The average Bonchev–Trinajstić information content (AvgIpc) is 3.48. The van der Waals surface area contributed by atoms with Gasteiger partial charge in [-0.25, -0.2) is 4.98 Å². The van der Waals surface area contributed by atoms with E-state index in [2.05, 4.69) is 46.1 Å². The van der Waals surface area contributed by atoms with E-state index in [1.165, 1.54) is 0 Å². The number of benzene rings is 1. The summed E-state index contributed by atoms with van der Waals surface area (Å²) in [5.41, 5.74) is 2.04. The van der Waals surface area contributed by atoms with Crippen molar-refractivity contribution >= 4 is 10.9 Å². The summed E-state index contributed by atoms with van der Waals surface area (Å²) in [6, 6.07) is 6.48. The molecule has 1 aliphatic rings. The Hall–Kier alpha value is -3.00. The Morgan fingerprint density at radius 1 is 1.21 bits per heavy atom. The molecule has 5 rings (SSSR count). The molecule has 1 saturated heterocycles. The summed E-state index contributed by atoms with van der Waals surface area (Å²) in [5.74, 6) is 2.43. The van der Waals surface area contributed by atoms with Crippen LogP contribution in [-0.4, -0.2) is 42.9 Å². The topological polar surface area (TPSA) is 86.0 Å². The number of hydrogen-bond acceptors (Lipinski definition) is 7. The summed E-state index contributed by atoms with van der Waals surface area (Å²) in [5, 5.41) is 9.85. The fourth-order valence-electron chi connectivity index (χ4n) is 3.97. The number of oxazole rings is 1. The highest BCUT2D eigenvalue weighted by molar-refractivity contribution is 5.83. The second-order valence-electron chi connectivity index (χ2n) is 7.89. The first kappa shape index (κ1) is 18.1. The third kappa shape index (κ3) is 3.55. The van der Waals surface area contributed by atoms with Crippen molar-refractivity contribution in [3.05, 3.63) is 48.6 Å². The zero-order valence-electron chi connectivity index (χ0n) is 16.7. The van der Waals surface area contributed by atoms with Gasteiger partial charge in [-0.1, -0.05) is 17.3 Å². The number of rotatable bonds is 5. The van der Waals surface area contributed by atoms with Crippen LogP contribution in [0.1, 0.15) is 50.4 Å². The van der Waals surface area contributed by atoms with Crippen LogP contribution in [-0.2, 0) is 6.54 Å². The normalized spacial score (nSPS) is 16.2. The highest BCUT2D eigenvalue weighted by Crippen LogP contribution is 2.30. The molecule has 0 saturated carbocycles. The molecule has 29 heavy (non-hydrogen) atoms. The van der Waals surface area contributed by atoms with Crippen molar-refractivity contribution in [2.75, 3.05) is 13.1 Å². The largest absolute Gasteiger partial charge is 0.448 e. The van der Waals surface area contributed by atoms with Crippen LogP contribution in [0.15, 0.2) is 45.8 Å². The molecule has 0 amide bonds. The van der Waals surface area contributed by atoms with Gasteiger partial charge in [0.25, 0.3) is 0 Å². The fourth-order valence-corrected chi connectivity index (χ4v) is 3.97. The smallest absolute Gasteiger partial charge is 0.230 e. The maximum Gasteiger partial charge on any atom is 0.230 e. The van der Waals surface area contributed by atoms with Gasteiger partial charge in [0.15, 0.2) is 0 Å². The van der Waals surface area contributed by atoms with E-state index in [1.54, 1.807) is 12.5 Å². The Balaban J connectivity index is 1.30. The lowest BCUT2D eigenvalue weighted by molar-refractivity contribution is 0.174. The fraction of sp³-hybridized carbons (Fsp3) is 0.429. The second-order valence-corrected chi connectivity index (χ2v) is 7.89. The Morgan fingerprint density at radius 2 is 2.07 bits per heavy atom. The van der Waals surface area contributed by atoms with Crippen molar-refractivity contribution in [1.82, 2.24) is 29.8 Å². The zero-order valence-corrected chi connectivity index (χ0v) is 16.7. The van der Waals surface area contributed by atoms with E-state index in [9.17, 15) is 0 Å². The molecule has 4 heterocycles. The van der Waals surface area contributed by atoms with Gasteiger partial charge in [-0.3, -0.25) is 9.58 Å². The summed E-state index contributed by atoms with van der Waals surface area (Å²) in [4.78, 5) is 11.3. The number of hydrogen-bond donors (Lipinski definition) is 0. The number of piperidine rings is 1. The SMILES string of the molecule is CC(C)n1ncc2ccc(-c3noc(C4CCN(Cc5ncco5)CC4)n3)cc21. The van der Waals surface area contributed by atoms with Crippen molar-refractivity contribution in [3.8, 4) is 11.4 Å². The first-order valence-electron chi connectivity index (χ1n) is 10.1. The molecule has 4 aromatic rings. The van der Waals surface area contributed by atoms with Crippen LogP contribution < -0.4 is 0 Å². The molecule has 150 valence electrons. The maximum atomic E-state index is 5.64. The number of fused-ring (bicyclic) bond motifs is 1. The third-order valence-electron chi connectivity index (χ3n) is 5.57. The lowest BCUT2D eigenvalue weighted by Gasteiger charge is -2.29. The van der Waals surface area contributed by atoms with Gasteiger partial charge in [0.05, 0.1) is 24.5 Å². The first-order valence-corrected chi connectivity index (χ1v) is 10.1. The molecule has 8 nitrogen and oxygen atoms in total. The molecule has 8 heteroatoms. The molecule has 1 aliphatic heterocycles. The van der Waals surface area contributed by atoms with E-state index in [4.69, 9.17) is 13.9 Å². The molecule has 0 spiro atoms. The quantitative estimate of drug-likeness (QED) is 0.507. The predicted molar refractivity (Wildman–Crippen MR) is 107 cm³/mol. The van der Waals surface area contributed by atoms with Crippen LogP contribution in [0.3, 0.4) is 0 Å². The molecular weight excluding hydrogens is 368 g/mol. The van der Waals surface area contributed by atoms with E-state index in [0.29, 0.717) is 17.8 Å². The summed E-state index contributed by atoms with van der Waals surface area (Å²) in [6.07, 6.45) is 7.18. The molecule has 0 unspecified atom stereocenters. The van der Waals surface area contributed by atoms with E-state index < -0.39 is 0 Å². The van der Waals surface area contributed by atoms with Crippen molar-refractivity contribution in [3.63, 3.8) is 0 Å². The lowest BCUT2D eigenvalue weighted by atomic mass is 9.97. The van der Waals surface area contributed by atoms with Gasteiger partial charge in [-0.2, -0.15) is 10.1 Å². The highest BCUT2D eigenvalue weighted by Gasteiger charge is 2.26. The standard InChI is InChI=1S/C21H24N6O2/c1-14(2)27-18-11-16(3-4-17(18)12-23-27)20-24-21(29-25-20)15-5-8-26(9-6-15)13-19-22-7-10-28-19/h3-4,7,10-12,14-15H,5-6,8-9,13H2,1-2H3. The minimum atomic E-state index is 0.294. The molecule has 3 aromatic heterocycles. The van der Waals surface area contributed by atoms with Crippen molar-refractivity contribution in [2.45, 2.75) is 45.2 Å². The van der Waals surface area contributed by atoms with Crippen LogP contribution in [0.25, 0.3) is 22.3 Å². The van der Waals surface area contributed by atoms with Gasteiger partial charge < -0.3 is 8.94 Å².